The molecule has 3 nitrogen and oxygen atoms in total. The Hall–Kier alpha value is -2.94. The largest absolute Gasteiger partial charge is 0.466 e. The van der Waals surface area contributed by atoms with Gasteiger partial charge in [-0.25, -0.2) is 0 Å². The lowest BCUT2D eigenvalue weighted by atomic mass is 9.80. The minimum atomic E-state index is -0.280. The van der Waals surface area contributed by atoms with E-state index in [-0.39, 0.29) is 23.7 Å². The van der Waals surface area contributed by atoms with Crippen LogP contribution in [0.1, 0.15) is 41.0 Å². The van der Waals surface area contributed by atoms with Crippen molar-refractivity contribution in [2.24, 2.45) is 5.92 Å². The summed E-state index contributed by atoms with van der Waals surface area (Å²) >= 11 is 0. The Bertz CT molecular complexity index is 826. The van der Waals surface area contributed by atoms with Gasteiger partial charge in [-0.3, -0.25) is 9.78 Å². The van der Waals surface area contributed by atoms with Crippen LogP contribution in [0.15, 0.2) is 79.1 Å². The summed E-state index contributed by atoms with van der Waals surface area (Å²) in [5.74, 6) is -0.459. The van der Waals surface area contributed by atoms with Crippen molar-refractivity contribution < 1.29 is 9.53 Å². The van der Waals surface area contributed by atoms with Crippen LogP contribution >= 0.6 is 0 Å². The van der Waals surface area contributed by atoms with Gasteiger partial charge in [0, 0.05) is 24.2 Å². The maximum absolute atomic E-state index is 13.0. The van der Waals surface area contributed by atoms with E-state index in [0.717, 1.165) is 11.1 Å². The molecule has 4 rings (SSSR count). The van der Waals surface area contributed by atoms with Crippen LogP contribution in [0.2, 0.25) is 0 Å². The first-order valence-corrected chi connectivity index (χ1v) is 9.01. The summed E-state index contributed by atoms with van der Waals surface area (Å²) in [6.45, 7) is 2.25. The number of ether oxygens (including phenoxy) is 1. The van der Waals surface area contributed by atoms with E-state index in [1.54, 1.807) is 12.4 Å². The molecular formula is C23H21NO2. The first-order valence-electron chi connectivity index (χ1n) is 9.01. The first kappa shape index (κ1) is 16.5. The molecule has 0 N–H and O–H groups in total. The number of hydrogen-bond donors (Lipinski definition) is 0. The number of carbonyl (C=O) groups excluding carboxylic acids is 1. The SMILES string of the molecule is CCOC(=O)C1C(c2ccccc2)c2ccccc2C1c1ccncc1. The summed E-state index contributed by atoms with van der Waals surface area (Å²) in [5, 5.41) is 0. The Morgan fingerprint density at radius 3 is 1.96 bits per heavy atom. The molecule has 2 aromatic carbocycles. The second-order valence-corrected chi connectivity index (χ2v) is 6.55. The van der Waals surface area contributed by atoms with Crippen LogP contribution in [0.4, 0.5) is 0 Å². The average molecular weight is 343 g/mol. The fourth-order valence-corrected chi connectivity index (χ4v) is 4.17. The molecule has 0 aliphatic heterocycles. The van der Waals surface area contributed by atoms with E-state index in [1.807, 2.05) is 49.4 Å². The van der Waals surface area contributed by atoms with Gasteiger partial charge in [-0.15, -0.1) is 0 Å². The number of rotatable bonds is 4. The van der Waals surface area contributed by atoms with Crippen molar-refractivity contribution in [3.63, 3.8) is 0 Å². The van der Waals surface area contributed by atoms with E-state index in [9.17, 15) is 4.79 Å². The summed E-state index contributed by atoms with van der Waals surface area (Å²) in [6, 6.07) is 22.6. The van der Waals surface area contributed by atoms with E-state index in [4.69, 9.17) is 4.74 Å². The fraction of sp³-hybridized carbons (Fsp3) is 0.217. The van der Waals surface area contributed by atoms with Crippen LogP contribution in [0.5, 0.6) is 0 Å². The number of benzene rings is 2. The van der Waals surface area contributed by atoms with Gasteiger partial charge in [0.05, 0.1) is 12.5 Å². The van der Waals surface area contributed by atoms with E-state index >= 15 is 0 Å². The molecule has 0 saturated heterocycles. The second-order valence-electron chi connectivity index (χ2n) is 6.55. The van der Waals surface area contributed by atoms with Gasteiger partial charge >= 0.3 is 5.97 Å². The summed E-state index contributed by atoms with van der Waals surface area (Å²) in [4.78, 5) is 17.2. The molecule has 1 aliphatic rings. The molecule has 1 heterocycles. The third kappa shape index (κ3) is 2.80. The molecule has 0 amide bonds. The molecule has 0 saturated carbocycles. The Balaban J connectivity index is 1.91. The van der Waals surface area contributed by atoms with Crippen LogP contribution in [-0.4, -0.2) is 17.6 Å². The molecule has 3 atom stereocenters. The third-order valence-corrected chi connectivity index (χ3v) is 5.17. The molecule has 26 heavy (non-hydrogen) atoms. The zero-order chi connectivity index (χ0) is 17.9. The molecule has 1 aliphatic carbocycles. The van der Waals surface area contributed by atoms with Crippen molar-refractivity contribution in [2.75, 3.05) is 6.61 Å². The van der Waals surface area contributed by atoms with Gasteiger partial charge < -0.3 is 4.74 Å². The number of hydrogen-bond acceptors (Lipinski definition) is 3. The average Bonchev–Trinajstić information content (AvgIpc) is 3.05. The van der Waals surface area contributed by atoms with Gasteiger partial charge in [0.2, 0.25) is 0 Å². The van der Waals surface area contributed by atoms with Gasteiger partial charge in [-0.05, 0) is 41.3 Å². The van der Waals surface area contributed by atoms with E-state index < -0.39 is 0 Å². The summed E-state index contributed by atoms with van der Waals surface area (Å²) < 4.78 is 5.51. The number of pyridine rings is 1. The number of carbonyl (C=O) groups is 1. The highest BCUT2D eigenvalue weighted by molar-refractivity contribution is 5.79. The lowest BCUT2D eigenvalue weighted by Crippen LogP contribution is -2.26. The molecule has 3 aromatic rings. The van der Waals surface area contributed by atoms with Crippen molar-refractivity contribution in [3.05, 3.63) is 101 Å². The third-order valence-electron chi connectivity index (χ3n) is 5.17. The predicted octanol–water partition coefficient (Wildman–Crippen LogP) is 4.54. The van der Waals surface area contributed by atoms with Crippen molar-refractivity contribution in [2.45, 2.75) is 18.8 Å². The van der Waals surface area contributed by atoms with Crippen molar-refractivity contribution in [1.29, 1.82) is 0 Å². The number of fused-ring (bicyclic) bond motifs is 1. The number of esters is 1. The Labute approximate surface area is 153 Å². The normalized spacial score (nSPS) is 21.2. The van der Waals surface area contributed by atoms with Gasteiger partial charge in [0.25, 0.3) is 0 Å². The quantitative estimate of drug-likeness (QED) is 0.653. The highest BCUT2D eigenvalue weighted by Gasteiger charge is 2.46. The van der Waals surface area contributed by atoms with Gasteiger partial charge in [-0.2, -0.15) is 0 Å². The van der Waals surface area contributed by atoms with Crippen LogP contribution in [0, 0.1) is 5.92 Å². The maximum Gasteiger partial charge on any atom is 0.310 e. The zero-order valence-corrected chi connectivity index (χ0v) is 14.7. The lowest BCUT2D eigenvalue weighted by Gasteiger charge is -2.24. The Morgan fingerprint density at radius 1 is 0.846 bits per heavy atom. The number of nitrogens with zero attached hydrogens (tertiary/aromatic N) is 1. The van der Waals surface area contributed by atoms with E-state index in [2.05, 4.69) is 29.2 Å². The minimum absolute atomic E-state index is 0.00962. The molecule has 0 spiro atoms. The first-order chi connectivity index (χ1) is 12.8. The summed E-state index contributed by atoms with van der Waals surface area (Å²) in [6.07, 6.45) is 3.58. The highest BCUT2D eigenvalue weighted by atomic mass is 16.5. The molecule has 3 unspecified atom stereocenters. The van der Waals surface area contributed by atoms with E-state index in [1.165, 1.54) is 11.1 Å². The number of aromatic nitrogens is 1. The zero-order valence-electron chi connectivity index (χ0n) is 14.7. The van der Waals surface area contributed by atoms with Crippen LogP contribution in [-0.2, 0) is 9.53 Å². The molecule has 130 valence electrons. The smallest absolute Gasteiger partial charge is 0.310 e. The molecule has 0 radical (unpaired) electrons. The maximum atomic E-state index is 13.0. The molecule has 3 heteroatoms. The highest BCUT2D eigenvalue weighted by Crippen LogP contribution is 2.52. The molecule has 0 bridgehead atoms. The Morgan fingerprint density at radius 2 is 1.38 bits per heavy atom. The molecule has 0 fully saturated rings. The van der Waals surface area contributed by atoms with Crippen molar-refractivity contribution in [1.82, 2.24) is 4.98 Å². The van der Waals surface area contributed by atoms with Crippen molar-refractivity contribution >= 4 is 5.97 Å². The minimum Gasteiger partial charge on any atom is -0.466 e. The van der Waals surface area contributed by atoms with E-state index in [0.29, 0.717) is 6.61 Å². The second kappa shape index (κ2) is 7.12. The van der Waals surface area contributed by atoms with Gasteiger partial charge in [0.15, 0.2) is 0 Å². The standard InChI is InChI=1S/C23H21NO2/c1-2-26-23(25)22-20(16-8-4-3-5-9-16)18-10-6-7-11-19(18)21(22)17-12-14-24-15-13-17/h3-15,20-22H,2H2,1H3. The van der Waals surface area contributed by atoms with Crippen LogP contribution in [0.3, 0.4) is 0 Å². The summed E-state index contributed by atoms with van der Waals surface area (Å²) in [7, 11) is 0. The molecule has 1 aromatic heterocycles. The van der Waals surface area contributed by atoms with Crippen LogP contribution < -0.4 is 0 Å². The monoisotopic (exact) mass is 343 g/mol. The fourth-order valence-electron chi connectivity index (χ4n) is 4.17. The molecular weight excluding hydrogens is 322 g/mol. The predicted molar refractivity (Wildman–Crippen MR) is 101 cm³/mol. The van der Waals surface area contributed by atoms with Gasteiger partial charge in [0.1, 0.15) is 0 Å². The van der Waals surface area contributed by atoms with Crippen LogP contribution in [0.25, 0.3) is 0 Å². The summed E-state index contributed by atoms with van der Waals surface area (Å²) in [5.41, 5.74) is 4.66. The topological polar surface area (TPSA) is 39.2 Å². The lowest BCUT2D eigenvalue weighted by molar-refractivity contribution is -0.148. The van der Waals surface area contributed by atoms with Crippen molar-refractivity contribution in [3.8, 4) is 0 Å². The Kier molecular flexibility index (Phi) is 4.53. The van der Waals surface area contributed by atoms with Gasteiger partial charge in [-0.1, -0.05) is 54.6 Å².